The first-order valence-electron chi connectivity index (χ1n) is 5.86. The Morgan fingerprint density at radius 1 is 1.30 bits per heavy atom. The maximum absolute atomic E-state index is 10.7. The monoisotopic (exact) mass is 286 g/mol. The van der Waals surface area contributed by atoms with Gasteiger partial charge in [-0.15, -0.1) is 17.3 Å². The highest BCUT2D eigenvalue weighted by Gasteiger charge is 2.04. The summed E-state index contributed by atoms with van der Waals surface area (Å²) in [6.07, 6.45) is -0.460. The molecule has 1 aromatic heterocycles. The molecule has 20 heavy (non-hydrogen) atoms. The van der Waals surface area contributed by atoms with E-state index in [9.17, 15) is 4.79 Å². The third-order valence-electron chi connectivity index (χ3n) is 2.06. The molecule has 0 aliphatic heterocycles. The number of hydrogen-bond acceptors (Lipinski definition) is 4. The van der Waals surface area contributed by atoms with Gasteiger partial charge in [-0.3, -0.25) is 4.79 Å². The van der Waals surface area contributed by atoms with E-state index in [0.717, 1.165) is 9.75 Å². The van der Waals surface area contributed by atoms with Gasteiger partial charge in [-0.2, -0.15) is 0 Å². The molecule has 0 amide bonds. The second-order valence-electron chi connectivity index (χ2n) is 3.59. The van der Waals surface area contributed by atoms with Crippen LogP contribution in [-0.2, 0) is 14.3 Å². The zero-order valence-corrected chi connectivity index (χ0v) is 12.4. The highest BCUT2D eigenvalue weighted by molar-refractivity contribution is 7.13. The van der Waals surface area contributed by atoms with Crippen molar-refractivity contribution >= 4 is 17.3 Å². The number of ether oxygens (including phenoxy) is 2. The summed E-state index contributed by atoms with van der Waals surface area (Å²) in [5.41, 5.74) is 0. The Labute approximate surface area is 123 Å². The molecule has 0 fully saturated rings. The lowest BCUT2D eigenvalue weighted by Gasteiger charge is -2.07. The third kappa shape index (κ3) is 6.12. The Morgan fingerprint density at radius 2 is 2.00 bits per heavy atom. The van der Waals surface area contributed by atoms with E-state index in [1.807, 2.05) is 12.1 Å². The Balaban J connectivity index is 2.60. The molecule has 0 saturated carbocycles. The molecule has 0 saturated heterocycles. The molecule has 0 radical (unpaired) electrons. The maximum atomic E-state index is 10.7. The zero-order chi connectivity index (χ0) is 14.8. The van der Waals surface area contributed by atoms with Crippen molar-refractivity contribution in [2.45, 2.75) is 20.0 Å². The van der Waals surface area contributed by atoms with E-state index in [1.165, 1.54) is 25.4 Å². The topological polar surface area (TPSA) is 35.5 Å². The molecular formula is C16H14O3S. The molecule has 0 aromatic carbocycles. The van der Waals surface area contributed by atoms with Crippen molar-refractivity contribution in [3.8, 4) is 35.5 Å². The van der Waals surface area contributed by atoms with Gasteiger partial charge in [0.05, 0.1) is 9.75 Å². The lowest BCUT2D eigenvalue weighted by Crippen LogP contribution is -2.17. The summed E-state index contributed by atoms with van der Waals surface area (Å²) in [5.74, 6) is 16.6. The predicted octanol–water partition coefficient (Wildman–Crippen LogP) is 2.05. The van der Waals surface area contributed by atoms with Gasteiger partial charge in [-0.05, 0) is 36.8 Å². The molecule has 1 rings (SSSR count). The normalized spacial score (nSPS) is 9.95. The number of rotatable bonds is 3. The first-order valence-corrected chi connectivity index (χ1v) is 6.67. The van der Waals surface area contributed by atoms with Crippen LogP contribution in [0.2, 0.25) is 0 Å². The second-order valence-corrected chi connectivity index (χ2v) is 4.67. The highest BCUT2D eigenvalue weighted by atomic mass is 32.1. The molecule has 0 bridgehead atoms. The third-order valence-corrected chi connectivity index (χ3v) is 2.97. The smallest absolute Gasteiger partial charge is 0.302 e. The Kier molecular flexibility index (Phi) is 7.01. The van der Waals surface area contributed by atoms with E-state index in [-0.39, 0.29) is 12.6 Å². The van der Waals surface area contributed by atoms with E-state index in [2.05, 4.69) is 35.5 Å². The maximum Gasteiger partial charge on any atom is 0.302 e. The van der Waals surface area contributed by atoms with Crippen LogP contribution in [0, 0.1) is 35.5 Å². The molecule has 0 aliphatic carbocycles. The van der Waals surface area contributed by atoms with E-state index < -0.39 is 6.10 Å². The standard InChI is InChI=1S/C16H14O3S/c1-4-7-15-10-11-16(20-15)9-6-5-8-14(18-3)12-19-13(2)17/h10-11,14H,12H2,1-3H3/t14-/m0/s1. The largest absolute Gasteiger partial charge is 0.462 e. The fourth-order valence-corrected chi connectivity index (χ4v) is 1.93. The molecule has 0 N–H and O–H groups in total. The summed E-state index contributed by atoms with van der Waals surface area (Å²) in [5, 5.41) is 0. The van der Waals surface area contributed by atoms with Crippen LogP contribution in [0.1, 0.15) is 23.6 Å². The Hall–Kier alpha value is -2.19. The Morgan fingerprint density at radius 3 is 2.60 bits per heavy atom. The van der Waals surface area contributed by atoms with E-state index in [1.54, 1.807) is 6.92 Å². The SMILES string of the molecule is CC#Cc1ccc(C#CC#C[C@@H](COC(C)=O)OC)s1. The average molecular weight is 286 g/mol. The van der Waals surface area contributed by atoms with Crippen LogP contribution >= 0.6 is 11.3 Å². The van der Waals surface area contributed by atoms with Gasteiger partial charge in [0.15, 0.2) is 6.10 Å². The molecule has 1 heterocycles. The second kappa shape index (κ2) is 8.83. The Bertz CT molecular complexity index is 638. The van der Waals surface area contributed by atoms with Crippen molar-refractivity contribution in [2.24, 2.45) is 0 Å². The summed E-state index contributed by atoms with van der Waals surface area (Å²) in [6.45, 7) is 3.24. The molecule has 102 valence electrons. The molecule has 1 aromatic rings. The minimum absolute atomic E-state index is 0.107. The average Bonchev–Trinajstić information content (AvgIpc) is 2.86. The van der Waals surface area contributed by atoms with Gasteiger partial charge in [0.1, 0.15) is 6.61 Å². The summed E-state index contributed by atoms with van der Waals surface area (Å²) >= 11 is 1.52. The van der Waals surface area contributed by atoms with Crippen LogP contribution in [0.4, 0.5) is 0 Å². The van der Waals surface area contributed by atoms with Crippen molar-refractivity contribution in [1.29, 1.82) is 0 Å². The molecule has 3 nitrogen and oxygen atoms in total. The first-order chi connectivity index (χ1) is 9.65. The molecule has 1 atom stereocenters. The highest BCUT2D eigenvalue weighted by Crippen LogP contribution is 2.13. The summed E-state index contributed by atoms with van der Waals surface area (Å²) in [6, 6.07) is 3.84. The zero-order valence-electron chi connectivity index (χ0n) is 11.6. The van der Waals surface area contributed by atoms with Crippen LogP contribution in [0.15, 0.2) is 12.1 Å². The molecule has 4 heteroatoms. The molecule has 0 spiro atoms. The van der Waals surface area contributed by atoms with Gasteiger partial charge in [-0.1, -0.05) is 11.8 Å². The van der Waals surface area contributed by atoms with Crippen molar-refractivity contribution < 1.29 is 14.3 Å². The van der Waals surface area contributed by atoms with Crippen LogP contribution < -0.4 is 0 Å². The minimum atomic E-state index is -0.460. The molecular weight excluding hydrogens is 272 g/mol. The van der Waals surface area contributed by atoms with Gasteiger partial charge >= 0.3 is 5.97 Å². The van der Waals surface area contributed by atoms with Crippen molar-refractivity contribution in [3.05, 3.63) is 21.9 Å². The van der Waals surface area contributed by atoms with Crippen LogP contribution in [-0.4, -0.2) is 25.8 Å². The summed E-state index contributed by atoms with van der Waals surface area (Å²) < 4.78 is 9.87. The fraction of sp³-hybridized carbons (Fsp3) is 0.312. The molecule has 0 unspecified atom stereocenters. The predicted molar refractivity (Wildman–Crippen MR) is 79.0 cm³/mol. The van der Waals surface area contributed by atoms with Gasteiger partial charge < -0.3 is 9.47 Å². The van der Waals surface area contributed by atoms with Gasteiger partial charge in [0, 0.05) is 14.0 Å². The minimum Gasteiger partial charge on any atom is -0.462 e. The van der Waals surface area contributed by atoms with Crippen LogP contribution in [0.25, 0.3) is 0 Å². The van der Waals surface area contributed by atoms with Crippen molar-refractivity contribution in [3.63, 3.8) is 0 Å². The lowest BCUT2D eigenvalue weighted by molar-refractivity contribution is -0.143. The van der Waals surface area contributed by atoms with Crippen LogP contribution in [0.5, 0.6) is 0 Å². The van der Waals surface area contributed by atoms with Crippen LogP contribution in [0.3, 0.4) is 0 Å². The number of methoxy groups -OCH3 is 1. The number of hydrogen-bond donors (Lipinski definition) is 0. The van der Waals surface area contributed by atoms with E-state index in [4.69, 9.17) is 9.47 Å². The molecule has 0 aliphatic rings. The van der Waals surface area contributed by atoms with Gasteiger partial charge in [0.2, 0.25) is 0 Å². The fourth-order valence-electron chi connectivity index (χ4n) is 1.17. The van der Waals surface area contributed by atoms with Crippen molar-refractivity contribution in [2.75, 3.05) is 13.7 Å². The van der Waals surface area contributed by atoms with E-state index in [0.29, 0.717) is 0 Å². The number of carbonyl (C=O) groups excluding carboxylic acids is 1. The summed E-state index contributed by atoms with van der Waals surface area (Å²) in [4.78, 5) is 12.6. The van der Waals surface area contributed by atoms with E-state index >= 15 is 0 Å². The summed E-state index contributed by atoms with van der Waals surface area (Å²) in [7, 11) is 1.51. The lowest BCUT2D eigenvalue weighted by atomic mass is 10.3. The number of thiophene rings is 1. The number of carbonyl (C=O) groups is 1. The first kappa shape index (κ1) is 15.9. The van der Waals surface area contributed by atoms with Gasteiger partial charge in [-0.25, -0.2) is 0 Å². The van der Waals surface area contributed by atoms with Crippen molar-refractivity contribution in [1.82, 2.24) is 0 Å². The number of esters is 1. The van der Waals surface area contributed by atoms with Gasteiger partial charge in [0.25, 0.3) is 0 Å². The quantitative estimate of drug-likeness (QED) is 0.630.